The van der Waals surface area contributed by atoms with Gasteiger partial charge in [0, 0.05) is 12.0 Å². The van der Waals surface area contributed by atoms with Gasteiger partial charge < -0.3 is 0 Å². The van der Waals surface area contributed by atoms with E-state index >= 15 is 0 Å². The Hall–Kier alpha value is -1.11. The summed E-state index contributed by atoms with van der Waals surface area (Å²) in [5.74, 6) is 1.04. The van der Waals surface area contributed by atoms with Gasteiger partial charge in [-0.3, -0.25) is 4.79 Å². The minimum Gasteiger partial charge on any atom is -0.294 e. The minimum absolute atomic E-state index is 0.286. The monoisotopic (exact) mass is 232 g/mol. The molecule has 0 spiro atoms. The lowest BCUT2D eigenvalue weighted by Gasteiger charge is -2.08. The van der Waals surface area contributed by atoms with E-state index in [2.05, 4.69) is 13.8 Å². The van der Waals surface area contributed by atoms with Gasteiger partial charge in [-0.1, -0.05) is 62.9 Å². The van der Waals surface area contributed by atoms with Crippen molar-refractivity contribution in [3.63, 3.8) is 0 Å². The molecular formula is C16H24O. The molecule has 0 N–H and O–H groups in total. The molecule has 0 saturated carbocycles. The second kappa shape index (κ2) is 7.26. The van der Waals surface area contributed by atoms with Crippen molar-refractivity contribution < 1.29 is 4.79 Å². The smallest absolute Gasteiger partial charge is 0.162 e. The van der Waals surface area contributed by atoms with Crippen LogP contribution in [0.3, 0.4) is 0 Å². The summed E-state index contributed by atoms with van der Waals surface area (Å²) in [6, 6.07) is 7.89. The highest BCUT2D eigenvalue weighted by Gasteiger charge is 2.07. The molecule has 1 aromatic carbocycles. The number of aryl methyl sites for hydroxylation is 1. The van der Waals surface area contributed by atoms with Gasteiger partial charge in [0.15, 0.2) is 5.78 Å². The van der Waals surface area contributed by atoms with Gasteiger partial charge in [-0.2, -0.15) is 0 Å². The van der Waals surface area contributed by atoms with Gasteiger partial charge in [-0.15, -0.1) is 0 Å². The maximum Gasteiger partial charge on any atom is 0.162 e. The molecule has 1 heteroatoms. The second-order valence-corrected chi connectivity index (χ2v) is 5.08. The SMILES string of the molecule is CCCC(C)CCCC(=O)c1ccc(C)cc1. The Balaban J connectivity index is 2.32. The third kappa shape index (κ3) is 5.16. The molecule has 0 saturated heterocycles. The Kier molecular flexibility index (Phi) is 5.96. The van der Waals surface area contributed by atoms with E-state index in [1.54, 1.807) is 0 Å². The number of ketones is 1. The number of carbonyl (C=O) groups is 1. The average molecular weight is 232 g/mol. The lowest BCUT2D eigenvalue weighted by Crippen LogP contribution is -2.01. The maximum atomic E-state index is 11.9. The van der Waals surface area contributed by atoms with Gasteiger partial charge in [-0.05, 0) is 19.3 Å². The van der Waals surface area contributed by atoms with E-state index in [1.165, 1.54) is 24.8 Å². The molecule has 0 bridgehead atoms. The van der Waals surface area contributed by atoms with Gasteiger partial charge in [0.2, 0.25) is 0 Å². The van der Waals surface area contributed by atoms with Crippen molar-refractivity contribution >= 4 is 5.78 Å². The highest BCUT2D eigenvalue weighted by Crippen LogP contribution is 2.15. The first kappa shape index (κ1) is 14.0. The van der Waals surface area contributed by atoms with E-state index < -0.39 is 0 Å². The van der Waals surface area contributed by atoms with Crippen LogP contribution in [0.1, 0.15) is 61.9 Å². The van der Waals surface area contributed by atoms with Crippen LogP contribution in [0.5, 0.6) is 0 Å². The Morgan fingerprint density at radius 3 is 2.41 bits per heavy atom. The molecule has 0 heterocycles. The molecule has 0 fully saturated rings. The highest BCUT2D eigenvalue weighted by atomic mass is 16.1. The average Bonchev–Trinajstić information content (AvgIpc) is 2.30. The van der Waals surface area contributed by atoms with Gasteiger partial charge in [0.25, 0.3) is 0 Å². The summed E-state index contributed by atoms with van der Waals surface area (Å²) in [6.07, 6.45) is 5.40. The van der Waals surface area contributed by atoms with E-state index in [0.29, 0.717) is 6.42 Å². The van der Waals surface area contributed by atoms with Gasteiger partial charge in [-0.25, -0.2) is 0 Å². The van der Waals surface area contributed by atoms with E-state index in [0.717, 1.165) is 17.9 Å². The summed E-state index contributed by atoms with van der Waals surface area (Å²) in [4.78, 5) is 11.9. The fourth-order valence-corrected chi connectivity index (χ4v) is 2.13. The summed E-state index contributed by atoms with van der Waals surface area (Å²) in [5, 5.41) is 0. The number of carbonyl (C=O) groups excluding carboxylic acids is 1. The van der Waals surface area contributed by atoms with E-state index in [4.69, 9.17) is 0 Å². The lowest BCUT2D eigenvalue weighted by molar-refractivity contribution is 0.0978. The van der Waals surface area contributed by atoms with E-state index in [9.17, 15) is 4.79 Å². The molecular weight excluding hydrogens is 208 g/mol. The van der Waals surface area contributed by atoms with Crippen molar-refractivity contribution in [1.29, 1.82) is 0 Å². The third-order valence-electron chi connectivity index (χ3n) is 3.26. The van der Waals surface area contributed by atoms with Crippen LogP contribution in [0.2, 0.25) is 0 Å². The zero-order valence-corrected chi connectivity index (χ0v) is 11.3. The van der Waals surface area contributed by atoms with Gasteiger partial charge in [0.05, 0.1) is 0 Å². The van der Waals surface area contributed by atoms with Crippen molar-refractivity contribution in [2.75, 3.05) is 0 Å². The molecule has 0 radical (unpaired) electrons. The largest absolute Gasteiger partial charge is 0.294 e. The van der Waals surface area contributed by atoms with Crippen molar-refractivity contribution in [2.24, 2.45) is 5.92 Å². The first-order valence-corrected chi connectivity index (χ1v) is 6.73. The summed E-state index contributed by atoms with van der Waals surface area (Å²) in [7, 11) is 0. The van der Waals surface area contributed by atoms with Crippen molar-refractivity contribution in [2.45, 2.75) is 52.9 Å². The van der Waals surface area contributed by atoms with Crippen LogP contribution in [0.15, 0.2) is 24.3 Å². The van der Waals surface area contributed by atoms with Gasteiger partial charge in [0.1, 0.15) is 0 Å². The fraction of sp³-hybridized carbons (Fsp3) is 0.562. The fourth-order valence-electron chi connectivity index (χ4n) is 2.13. The molecule has 0 aliphatic rings. The van der Waals surface area contributed by atoms with Crippen molar-refractivity contribution in [3.05, 3.63) is 35.4 Å². The molecule has 1 atom stereocenters. The zero-order chi connectivity index (χ0) is 12.7. The summed E-state index contributed by atoms with van der Waals surface area (Å²) in [6.45, 7) is 6.54. The summed E-state index contributed by atoms with van der Waals surface area (Å²) >= 11 is 0. The third-order valence-corrected chi connectivity index (χ3v) is 3.26. The van der Waals surface area contributed by atoms with Crippen LogP contribution in [-0.2, 0) is 0 Å². The quantitative estimate of drug-likeness (QED) is 0.618. The lowest BCUT2D eigenvalue weighted by atomic mass is 9.97. The van der Waals surface area contributed by atoms with E-state index in [-0.39, 0.29) is 5.78 Å². The predicted molar refractivity (Wildman–Crippen MR) is 73.4 cm³/mol. The topological polar surface area (TPSA) is 17.1 Å². The number of hydrogen-bond donors (Lipinski definition) is 0. The van der Waals surface area contributed by atoms with Crippen molar-refractivity contribution in [1.82, 2.24) is 0 Å². The number of Topliss-reactive ketones (excluding diaryl/α,β-unsaturated/α-hetero) is 1. The minimum atomic E-state index is 0.286. The Morgan fingerprint density at radius 2 is 1.82 bits per heavy atom. The normalized spacial score (nSPS) is 12.4. The molecule has 0 amide bonds. The zero-order valence-electron chi connectivity index (χ0n) is 11.3. The number of rotatable bonds is 7. The molecule has 0 aliphatic carbocycles. The van der Waals surface area contributed by atoms with Crippen LogP contribution in [-0.4, -0.2) is 5.78 Å². The molecule has 0 aliphatic heterocycles. The Bertz CT molecular complexity index is 337. The van der Waals surface area contributed by atoms with Crippen LogP contribution in [0.25, 0.3) is 0 Å². The van der Waals surface area contributed by atoms with E-state index in [1.807, 2.05) is 31.2 Å². The molecule has 0 aromatic heterocycles. The molecule has 1 nitrogen and oxygen atoms in total. The summed E-state index contributed by atoms with van der Waals surface area (Å²) in [5.41, 5.74) is 2.07. The molecule has 1 unspecified atom stereocenters. The second-order valence-electron chi connectivity index (χ2n) is 5.08. The van der Waals surface area contributed by atoms with Crippen molar-refractivity contribution in [3.8, 4) is 0 Å². The first-order chi connectivity index (χ1) is 8.13. The number of hydrogen-bond acceptors (Lipinski definition) is 1. The van der Waals surface area contributed by atoms with Crippen LogP contribution in [0, 0.1) is 12.8 Å². The van der Waals surface area contributed by atoms with Crippen LogP contribution < -0.4 is 0 Å². The maximum absolute atomic E-state index is 11.9. The molecule has 17 heavy (non-hydrogen) atoms. The molecule has 1 rings (SSSR count). The van der Waals surface area contributed by atoms with Crippen LogP contribution >= 0.6 is 0 Å². The van der Waals surface area contributed by atoms with Crippen LogP contribution in [0.4, 0.5) is 0 Å². The Labute approximate surface area is 105 Å². The molecule has 94 valence electrons. The first-order valence-electron chi connectivity index (χ1n) is 6.73. The van der Waals surface area contributed by atoms with Gasteiger partial charge >= 0.3 is 0 Å². The predicted octanol–water partition coefficient (Wildman–Crippen LogP) is 4.78. The standard InChI is InChI=1S/C16H24O/c1-4-6-13(2)7-5-8-16(17)15-11-9-14(3)10-12-15/h9-13H,4-8H2,1-3H3. The highest BCUT2D eigenvalue weighted by molar-refractivity contribution is 5.96. The number of benzene rings is 1. The molecule has 1 aromatic rings. The Morgan fingerprint density at radius 1 is 1.18 bits per heavy atom. The summed E-state index contributed by atoms with van der Waals surface area (Å²) < 4.78 is 0.